The topological polar surface area (TPSA) is 67.4 Å². The monoisotopic (exact) mass is 386 g/mol. The van der Waals surface area contributed by atoms with Crippen LogP contribution in [0.25, 0.3) is 6.08 Å². The average Bonchev–Trinajstić information content (AvgIpc) is 2.62. The zero-order valence-electron chi connectivity index (χ0n) is 14.4. The number of rotatable bonds is 4. The fourth-order valence-electron chi connectivity index (χ4n) is 2.52. The lowest BCUT2D eigenvalue weighted by Crippen LogP contribution is -2.11. The highest BCUT2D eigenvalue weighted by atomic mass is 35.5. The second-order valence-corrected chi connectivity index (χ2v) is 6.32. The number of hydrogen-bond donors (Lipinski definition) is 2. The van der Waals surface area contributed by atoms with Gasteiger partial charge in [-0.2, -0.15) is 0 Å². The van der Waals surface area contributed by atoms with E-state index >= 15 is 0 Å². The van der Waals surface area contributed by atoms with Gasteiger partial charge in [0.2, 0.25) is 11.8 Å². The number of nitrogens with one attached hydrogen (secondary N) is 2. The van der Waals surface area contributed by atoms with Crippen molar-refractivity contribution in [2.75, 3.05) is 17.2 Å². The molecule has 0 radical (unpaired) electrons. The third-order valence-electron chi connectivity index (χ3n) is 3.70. The van der Waals surface area contributed by atoms with Gasteiger partial charge in [-0.3, -0.25) is 9.59 Å². The fourth-order valence-corrected chi connectivity index (χ4v) is 2.70. The molecule has 0 atom stereocenters. The Balaban J connectivity index is 1.68. The second kappa shape index (κ2) is 8.05. The van der Waals surface area contributed by atoms with Crippen molar-refractivity contribution < 1.29 is 18.7 Å². The van der Waals surface area contributed by atoms with E-state index in [0.29, 0.717) is 17.3 Å². The van der Waals surface area contributed by atoms with E-state index < -0.39 is 17.6 Å². The maximum absolute atomic E-state index is 13.6. The van der Waals surface area contributed by atoms with E-state index in [4.69, 9.17) is 16.3 Å². The molecule has 0 unspecified atom stereocenters. The summed E-state index contributed by atoms with van der Waals surface area (Å²) >= 11 is 5.98. The molecule has 1 aliphatic rings. The maximum Gasteiger partial charge on any atom is 0.248 e. The molecule has 1 aliphatic heterocycles. The lowest BCUT2D eigenvalue weighted by atomic mass is 10.1. The minimum Gasteiger partial charge on any atom is -0.488 e. The Morgan fingerprint density at radius 3 is 2.78 bits per heavy atom. The van der Waals surface area contributed by atoms with E-state index in [1.165, 1.54) is 31.2 Å². The first-order chi connectivity index (χ1) is 12.9. The van der Waals surface area contributed by atoms with Crippen LogP contribution in [-0.4, -0.2) is 18.4 Å². The molecule has 0 saturated carbocycles. The zero-order chi connectivity index (χ0) is 19.4. The molecule has 1 heterocycles. The quantitative estimate of drug-likeness (QED) is 0.765. The fraction of sp³-hybridized carbons (Fsp3) is 0.100. The number of carbonyl (C=O) groups excluding carboxylic acids is 2. The highest BCUT2D eigenvalue weighted by molar-refractivity contribution is 6.30. The van der Waals surface area contributed by atoms with E-state index in [1.54, 1.807) is 24.3 Å². The van der Waals surface area contributed by atoms with E-state index in [1.807, 2.05) is 6.08 Å². The molecule has 7 heteroatoms. The normalized spacial score (nSPS) is 12.8. The lowest BCUT2D eigenvalue weighted by molar-refractivity contribution is -0.114. The Bertz CT molecular complexity index is 970. The third kappa shape index (κ3) is 4.95. The molecule has 0 spiro atoms. The highest BCUT2D eigenvalue weighted by Crippen LogP contribution is 2.29. The molecular formula is C20H16ClFN2O3. The molecule has 0 aliphatic carbocycles. The van der Waals surface area contributed by atoms with E-state index in [0.717, 1.165) is 16.9 Å². The van der Waals surface area contributed by atoms with Gasteiger partial charge in [-0.25, -0.2) is 4.39 Å². The van der Waals surface area contributed by atoms with E-state index in [9.17, 15) is 14.0 Å². The van der Waals surface area contributed by atoms with Crippen molar-refractivity contribution in [3.05, 3.63) is 70.5 Å². The molecule has 27 heavy (non-hydrogen) atoms. The van der Waals surface area contributed by atoms with Gasteiger partial charge in [0.05, 0.1) is 5.69 Å². The van der Waals surface area contributed by atoms with Crippen LogP contribution >= 0.6 is 11.6 Å². The van der Waals surface area contributed by atoms with Gasteiger partial charge in [-0.05, 0) is 48.0 Å². The number of hydrogen-bond acceptors (Lipinski definition) is 3. The smallest absolute Gasteiger partial charge is 0.248 e. The summed E-state index contributed by atoms with van der Waals surface area (Å²) in [5.74, 6) is -0.645. The maximum atomic E-state index is 13.6. The number of benzene rings is 2. The second-order valence-electron chi connectivity index (χ2n) is 5.89. The Hall–Kier alpha value is -3.12. The molecule has 0 aromatic heterocycles. The number of carbonyl (C=O) groups is 2. The first-order valence-corrected chi connectivity index (χ1v) is 8.47. The average molecular weight is 387 g/mol. The van der Waals surface area contributed by atoms with Crippen LogP contribution in [0.4, 0.5) is 15.8 Å². The highest BCUT2D eigenvalue weighted by Gasteiger charge is 2.11. The van der Waals surface area contributed by atoms with Gasteiger partial charge in [-0.1, -0.05) is 17.7 Å². The molecule has 2 aromatic carbocycles. The largest absolute Gasteiger partial charge is 0.488 e. The Morgan fingerprint density at radius 2 is 2.00 bits per heavy atom. The van der Waals surface area contributed by atoms with Crippen molar-refractivity contribution >= 4 is 40.9 Å². The van der Waals surface area contributed by atoms with E-state index in [-0.39, 0.29) is 5.69 Å². The van der Waals surface area contributed by atoms with Gasteiger partial charge < -0.3 is 15.4 Å². The van der Waals surface area contributed by atoms with Gasteiger partial charge in [-0.15, -0.1) is 0 Å². The number of fused-ring (bicyclic) bond motifs is 1. The summed E-state index contributed by atoms with van der Waals surface area (Å²) in [6.45, 7) is 1.61. The summed E-state index contributed by atoms with van der Waals surface area (Å²) in [4.78, 5) is 23.2. The first kappa shape index (κ1) is 18.7. The molecular weight excluding hydrogens is 371 g/mol. The number of ether oxygens (including phenoxy) is 1. The summed E-state index contributed by atoms with van der Waals surface area (Å²) in [7, 11) is 0. The van der Waals surface area contributed by atoms with Crippen LogP contribution in [0.3, 0.4) is 0 Å². The van der Waals surface area contributed by atoms with Gasteiger partial charge in [0.25, 0.3) is 0 Å². The van der Waals surface area contributed by atoms with Crippen LogP contribution in [0.15, 0.2) is 54.1 Å². The summed E-state index contributed by atoms with van der Waals surface area (Å²) in [5, 5.41) is 5.58. The molecule has 3 rings (SSSR count). The van der Waals surface area contributed by atoms with Gasteiger partial charge in [0.15, 0.2) is 0 Å². The predicted molar refractivity (Wildman–Crippen MR) is 103 cm³/mol. The summed E-state index contributed by atoms with van der Waals surface area (Å²) in [5.41, 5.74) is 2.01. The molecule has 5 nitrogen and oxygen atoms in total. The first-order valence-electron chi connectivity index (χ1n) is 8.10. The van der Waals surface area contributed by atoms with Gasteiger partial charge in [0, 0.05) is 29.3 Å². The molecule has 0 fully saturated rings. The lowest BCUT2D eigenvalue weighted by Gasteiger charge is -2.16. The minimum absolute atomic E-state index is 0.00107. The molecule has 2 aromatic rings. The number of anilines is 2. The number of amides is 2. The Kier molecular flexibility index (Phi) is 5.57. The number of halogens is 2. The standard InChI is InChI=1S/C20H16ClFN2O3/c1-12(25)23-18-10-16(4-5-17(18)22)24-20(26)7-2-13-8-14-9-15(21)3-6-19(14)27-11-13/h2-10H,11H2,1H3,(H,23,25)(H,24,26)/b7-2+. The van der Waals surface area contributed by atoms with Crippen molar-refractivity contribution in [1.82, 2.24) is 0 Å². The summed E-state index contributed by atoms with van der Waals surface area (Å²) in [6.07, 6.45) is 4.88. The van der Waals surface area contributed by atoms with Crippen LogP contribution in [0.2, 0.25) is 5.02 Å². The Morgan fingerprint density at radius 1 is 1.19 bits per heavy atom. The van der Waals surface area contributed by atoms with Crippen molar-refractivity contribution in [2.45, 2.75) is 6.92 Å². The molecule has 138 valence electrons. The zero-order valence-corrected chi connectivity index (χ0v) is 15.1. The SMILES string of the molecule is CC(=O)Nc1cc(NC(=O)/C=C/C2=Cc3cc(Cl)ccc3OC2)ccc1F. The van der Waals surface area contributed by atoms with Crippen LogP contribution in [-0.2, 0) is 9.59 Å². The van der Waals surface area contributed by atoms with Crippen LogP contribution in [0, 0.1) is 5.82 Å². The summed E-state index contributed by atoms with van der Waals surface area (Å²) in [6, 6.07) is 9.26. The van der Waals surface area contributed by atoms with Gasteiger partial charge in [0.1, 0.15) is 18.2 Å². The molecule has 2 N–H and O–H groups in total. The molecule has 2 amide bonds. The van der Waals surface area contributed by atoms with Crippen molar-refractivity contribution in [1.29, 1.82) is 0 Å². The van der Waals surface area contributed by atoms with Crippen molar-refractivity contribution in [3.8, 4) is 5.75 Å². The minimum atomic E-state index is -0.583. The molecule has 0 saturated heterocycles. The predicted octanol–water partition coefficient (Wildman–Crippen LogP) is 4.41. The van der Waals surface area contributed by atoms with Crippen molar-refractivity contribution in [3.63, 3.8) is 0 Å². The van der Waals surface area contributed by atoms with E-state index in [2.05, 4.69) is 10.6 Å². The third-order valence-corrected chi connectivity index (χ3v) is 3.94. The van der Waals surface area contributed by atoms with Crippen LogP contribution in [0.1, 0.15) is 12.5 Å². The Labute approximate surface area is 160 Å². The van der Waals surface area contributed by atoms with Crippen LogP contribution < -0.4 is 15.4 Å². The van der Waals surface area contributed by atoms with Crippen molar-refractivity contribution in [2.24, 2.45) is 0 Å². The summed E-state index contributed by atoms with van der Waals surface area (Å²) < 4.78 is 19.3. The molecule has 0 bridgehead atoms. The van der Waals surface area contributed by atoms with Crippen LogP contribution in [0.5, 0.6) is 5.75 Å². The van der Waals surface area contributed by atoms with Gasteiger partial charge >= 0.3 is 0 Å².